The molecule has 4 bridgehead atoms. The van der Waals surface area contributed by atoms with Crippen molar-refractivity contribution >= 4 is 5.78 Å². The van der Waals surface area contributed by atoms with Crippen LogP contribution in [0.5, 0.6) is 0 Å². The maximum absolute atomic E-state index is 13.5. The number of halogens is 1. The first-order chi connectivity index (χ1) is 9.89. The van der Waals surface area contributed by atoms with Crippen molar-refractivity contribution in [3.8, 4) is 0 Å². The van der Waals surface area contributed by atoms with Crippen LogP contribution >= 0.6 is 0 Å². The Hall–Kier alpha value is -1.18. The zero-order valence-corrected chi connectivity index (χ0v) is 12.9. The Balaban J connectivity index is 1.72. The molecule has 112 valence electrons. The number of carbonyl (C=O) groups is 1. The molecule has 0 spiro atoms. The lowest BCUT2D eigenvalue weighted by molar-refractivity contribution is -0.0820. The average Bonchev–Trinajstić information content (AvgIpc) is 2.38. The van der Waals surface area contributed by atoms with Gasteiger partial charge in [-0.3, -0.25) is 4.79 Å². The zero-order valence-electron chi connectivity index (χ0n) is 12.9. The van der Waals surface area contributed by atoms with Gasteiger partial charge in [0.2, 0.25) is 0 Å². The van der Waals surface area contributed by atoms with Gasteiger partial charge in [0.15, 0.2) is 5.78 Å². The zero-order chi connectivity index (χ0) is 14.8. The second-order valence-electron chi connectivity index (χ2n) is 8.35. The number of carbonyl (C=O) groups excluding carboxylic acids is 1. The van der Waals surface area contributed by atoms with Crippen LogP contribution in [0.25, 0.3) is 0 Å². The summed E-state index contributed by atoms with van der Waals surface area (Å²) < 4.78 is 13.5. The minimum atomic E-state index is -0.218. The average molecular weight is 286 g/mol. The standard InChI is InChI=1S/C19H23FO/c1-12-5-15(3-4-16(12)20)17(21)19-9-13-6-14(10-19)8-18(2,7-13)11-19/h3-5,13-14H,6-11H2,1-2H3. The monoisotopic (exact) mass is 286 g/mol. The normalized spacial score (nSPS) is 40.5. The largest absolute Gasteiger partial charge is 0.294 e. The van der Waals surface area contributed by atoms with E-state index in [0.29, 0.717) is 11.0 Å². The quantitative estimate of drug-likeness (QED) is 0.705. The van der Waals surface area contributed by atoms with Crippen molar-refractivity contribution in [1.82, 2.24) is 0 Å². The van der Waals surface area contributed by atoms with Crippen LogP contribution in [0.1, 0.15) is 61.4 Å². The number of aryl methyl sites for hydroxylation is 1. The van der Waals surface area contributed by atoms with E-state index < -0.39 is 0 Å². The number of benzene rings is 1. The number of hydrogen-bond donors (Lipinski definition) is 0. The van der Waals surface area contributed by atoms with Gasteiger partial charge in [-0.25, -0.2) is 4.39 Å². The summed E-state index contributed by atoms with van der Waals surface area (Å²) >= 11 is 0. The molecule has 5 rings (SSSR count). The van der Waals surface area contributed by atoms with E-state index in [4.69, 9.17) is 0 Å². The molecular weight excluding hydrogens is 263 g/mol. The third-order valence-corrected chi connectivity index (χ3v) is 6.26. The Bertz CT molecular complexity index is 604. The molecule has 0 radical (unpaired) electrons. The summed E-state index contributed by atoms with van der Waals surface area (Å²) in [5, 5.41) is 0. The van der Waals surface area contributed by atoms with Gasteiger partial charge in [-0.1, -0.05) is 6.92 Å². The molecule has 0 N–H and O–H groups in total. The Morgan fingerprint density at radius 3 is 2.43 bits per heavy atom. The predicted octanol–water partition coefficient (Wildman–Crippen LogP) is 4.92. The van der Waals surface area contributed by atoms with Crippen molar-refractivity contribution in [2.24, 2.45) is 22.7 Å². The maximum atomic E-state index is 13.5. The number of Topliss-reactive ketones (excluding diaryl/α,β-unsaturated/α-hetero) is 1. The lowest BCUT2D eigenvalue weighted by Gasteiger charge is -2.60. The molecule has 21 heavy (non-hydrogen) atoms. The first-order valence-corrected chi connectivity index (χ1v) is 8.20. The van der Waals surface area contributed by atoms with E-state index in [9.17, 15) is 9.18 Å². The molecule has 2 atom stereocenters. The molecule has 0 aromatic heterocycles. The van der Waals surface area contributed by atoms with Gasteiger partial charge in [0.05, 0.1) is 0 Å². The van der Waals surface area contributed by atoms with Crippen molar-refractivity contribution in [2.75, 3.05) is 0 Å². The fourth-order valence-corrected chi connectivity index (χ4v) is 6.08. The second-order valence-corrected chi connectivity index (χ2v) is 8.35. The van der Waals surface area contributed by atoms with Crippen molar-refractivity contribution < 1.29 is 9.18 Å². The van der Waals surface area contributed by atoms with Gasteiger partial charge in [-0.05, 0) is 86.5 Å². The lowest BCUT2D eigenvalue weighted by Crippen LogP contribution is -2.54. The third kappa shape index (κ3) is 1.98. The van der Waals surface area contributed by atoms with E-state index in [1.54, 1.807) is 19.1 Å². The molecule has 1 aromatic rings. The Labute approximate surface area is 125 Å². The second kappa shape index (κ2) is 4.18. The molecule has 4 saturated carbocycles. The summed E-state index contributed by atoms with van der Waals surface area (Å²) in [6, 6.07) is 4.88. The summed E-state index contributed by atoms with van der Waals surface area (Å²) in [5.74, 6) is 1.54. The molecule has 1 nitrogen and oxygen atoms in total. The van der Waals surface area contributed by atoms with Crippen molar-refractivity contribution in [3.63, 3.8) is 0 Å². The van der Waals surface area contributed by atoms with E-state index in [2.05, 4.69) is 6.92 Å². The van der Waals surface area contributed by atoms with Crippen molar-refractivity contribution in [2.45, 2.75) is 52.4 Å². The molecule has 4 fully saturated rings. The van der Waals surface area contributed by atoms with Crippen LogP contribution < -0.4 is 0 Å². The van der Waals surface area contributed by atoms with Crippen LogP contribution in [-0.4, -0.2) is 5.78 Å². The van der Waals surface area contributed by atoms with Gasteiger partial charge in [0.25, 0.3) is 0 Å². The van der Waals surface area contributed by atoms with Crippen LogP contribution in [0.4, 0.5) is 4.39 Å². The topological polar surface area (TPSA) is 17.1 Å². The summed E-state index contributed by atoms with van der Waals surface area (Å²) in [6.07, 6.45) is 7.11. The summed E-state index contributed by atoms with van der Waals surface area (Å²) in [5.41, 5.74) is 1.52. The molecule has 4 aliphatic carbocycles. The summed E-state index contributed by atoms with van der Waals surface area (Å²) in [4.78, 5) is 13.2. The van der Waals surface area contributed by atoms with E-state index in [1.165, 1.54) is 25.3 Å². The molecule has 0 amide bonds. The number of hydrogen-bond acceptors (Lipinski definition) is 1. The SMILES string of the molecule is Cc1cc(C(=O)C23CC4CC(CC(C)(C4)C2)C3)ccc1F. The maximum Gasteiger partial charge on any atom is 0.169 e. The highest BCUT2D eigenvalue weighted by Crippen LogP contribution is 2.65. The van der Waals surface area contributed by atoms with Gasteiger partial charge in [0, 0.05) is 11.0 Å². The smallest absolute Gasteiger partial charge is 0.169 e. The molecule has 0 aliphatic heterocycles. The van der Waals surface area contributed by atoms with E-state index >= 15 is 0 Å². The Morgan fingerprint density at radius 2 is 1.86 bits per heavy atom. The van der Waals surface area contributed by atoms with Crippen molar-refractivity contribution in [1.29, 1.82) is 0 Å². The first-order valence-electron chi connectivity index (χ1n) is 8.20. The molecular formula is C19H23FO. The van der Waals surface area contributed by atoms with Crippen LogP contribution in [-0.2, 0) is 0 Å². The van der Waals surface area contributed by atoms with E-state index in [0.717, 1.165) is 36.7 Å². The van der Waals surface area contributed by atoms with Gasteiger partial charge in [-0.2, -0.15) is 0 Å². The summed E-state index contributed by atoms with van der Waals surface area (Å²) in [7, 11) is 0. The predicted molar refractivity (Wildman–Crippen MR) is 80.7 cm³/mol. The fraction of sp³-hybridized carbons (Fsp3) is 0.632. The highest BCUT2D eigenvalue weighted by atomic mass is 19.1. The van der Waals surface area contributed by atoms with Crippen molar-refractivity contribution in [3.05, 3.63) is 35.1 Å². The number of ketones is 1. The fourth-order valence-electron chi connectivity index (χ4n) is 6.08. The minimum absolute atomic E-state index is 0.150. The van der Waals surface area contributed by atoms with Gasteiger partial charge < -0.3 is 0 Å². The molecule has 0 heterocycles. The highest BCUT2D eigenvalue weighted by Gasteiger charge is 2.58. The summed E-state index contributed by atoms with van der Waals surface area (Å²) in [6.45, 7) is 4.12. The molecule has 0 saturated heterocycles. The van der Waals surface area contributed by atoms with E-state index in [-0.39, 0.29) is 17.0 Å². The van der Waals surface area contributed by atoms with Gasteiger partial charge in [-0.15, -0.1) is 0 Å². The van der Waals surface area contributed by atoms with E-state index in [1.807, 2.05) is 0 Å². The molecule has 4 aliphatic rings. The lowest BCUT2D eigenvalue weighted by atomic mass is 9.43. The minimum Gasteiger partial charge on any atom is -0.294 e. The van der Waals surface area contributed by atoms with Crippen LogP contribution in [0.3, 0.4) is 0 Å². The van der Waals surface area contributed by atoms with Crippen LogP contribution in [0.15, 0.2) is 18.2 Å². The Kier molecular flexibility index (Phi) is 2.68. The number of rotatable bonds is 2. The first kappa shape index (κ1) is 13.5. The molecule has 2 unspecified atom stereocenters. The highest BCUT2D eigenvalue weighted by molar-refractivity contribution is 6.01. The van der Waals surface area contributed by atoms with Gasteiger partial charge in [0.1, 0.15) is 5.82 Å². The van der Waals surface area contributed by atoms with Crippen LogP contribution in [0, 0.1) is 35.4 Å². The molecule has 2 heteroatoms. The Morgan fingerprint density at radius 1 is 1.19 bits per heavy atom. The third-order valence-electron chi connectivity index (χ3n) is 6.26. The van der Waals surface area contributed by atoms with Gasteiger partial charge >= 0.3 is 0 Å². The van der Waals surface area contributed by atoms with Crippen LogP contribution in [0.2, 0.25) is 0 Å². The molecule has 1 aromatic carbocycles.